The molecule has 0 radical (unpaired) electrons. The highest BCUT2D eigenvalue weighted by atomic mass is 32.3. The van der Waals surface area contributed by atoms with Crippen molar-refractivity contribution in [3.63, 3.8) is 0 Å². The van der Waals surface area contributed by atoms with E-state index in [1.807, 2.05) is 0 Å². The van der Waals surface area contributed by atoms with E-state index in [1.165, 1.54) is 11.3 Å². The lowest BCUT2D eigenvalue weighted by Crippen LogP contribution is -2.50. The van der Waals surface area contributed by atoms with E-state index < -0.39 is 34.4 Å². The molecule has 0 aromatic rings. The third kappa shape index (κ3) is 3.57. The third-order valence-electron chi connectivity index (χ3n) is 4.52. The molecule has 1 aliphatic carbocycles. The Kier molecular flexibility index (Phi) is 4.45. The van der Waals surface area contributed by atoms with Gasteiger partial charge in [0.15, 0.2) is 0 Å². The van der Waals surface area contributed by atoms with Crippen LogP contribution in [0.2, 0.25) is 0 Å². The Balaban J connectivity index is 1.56. The van der Waals surface area contributed by atoms with Gasteiger partial charge in [0, 0.05) is 6.54 Å². The molecule has 3 aliphatic rings. The number of nitrogens with zero attached hydrogens (tertiary/aromatic N) is 2. The molecule has 2 aliphatic heterocycles. The lowest BCUT2D eigenvalue weighted by atomic mass is 9.86. The summed E-state index contributed by atoms with van der Waals surface area (Å²) >= 11 is 0. The predicted molar refractivity (Wildman–Crippen MR) is 74.8 cm³/mol. The normalized spacial score (nSPS) is 28.0. The van der Waals surface area contributed by atoms with Gasteiger partial charge in [-0.05, 0) is 31.6 Å². The van der Waals surface area contributed by atoms with E-state index in [4.69, 9.17) is 9.39 Å². The van der Waals surface area contributed by atoms with Crippen LogP contribution < -0.4 is 5.48 Å². The Morgan fingerprint density at radius 2 is 2.04 bits per heavy atom. The molecule has 0 spiro atoms. The smallest absolute Gasteiger partial charge is 0.309 e. The second-order valence-corrected chi connectivity index (χ2v) is 7.09. The standard InChI is InChI=1S/C12H19N3O7S/c16-11(13-21-7-8-2-1-3-8)10-5-4-9-6-14(10)12(17)15(9)22-23(18,19)20/h8-10H,1-7H2,(H,13,16)(H,18,19,20)/t9-,10+/m1/s1. The zero-order valence-corrected chi connectivity index (χ0v) is 13.2. The molecule has 3 fully saturated rings. The minimum absolute atomic E-state index is 0.162. The van der Waals surface area contributed by atoms with Gasteiger partial charge in [0.1, 0.15) is 6.04 Å². The molecule has 0 unspecified atom stereocenters. The van der Waals surface area contributed by atoms with Crippen molar-refractivity contribution in [1.29, 1.82) is 0 Å². The zero-order chi connectivity index (χ0) is 16.6. The zero-order valence-electron chi connectivity index (χ0n) is 12.4. The van der Waals surface area contributed by atoms with Gasteiger partial charge < -0.3 is 4.90 Å². The molecule has 0 aromatic heterocycles. The molecule has 1 saturated carbocycles. The van der Waals surface area contributed by atoms with Crippen LogP contribution in [0.4, 0.5) is 4.79 Å². The molecule has 2 N–H and O–H groups in total. The van der Waals surface area contributed by atoms with E-state index in [0.717, 1.165) is 12.8 Å². The molecule has 11 heteroatoms. The fourth-order valence-electron chi connectivity index (χ4n) is 3.06. The van der Waals surface area contributed by atoms with E-state index in [2.05, 4.69) is 9.76 Å². The average Bonchev–Trinajstić information content (AvgIpc) is 2.65. The van der Waals surface area contributed by atoms with Crippen molar-refractivity contribution in [2.45, 2.75) is 44.2 Å². The highest BCUT2D eigenvalue weighted by molar-refractivity contribution is 7.80. The summed E-state index contributed by atoms with van der Waals surface area (Å²) in [5, 5.41) is 0.609. The van der Waals surface area contributed by atoms with Crippen molar-refractivity contribution in [3.05, 3.63) is 0 Å². The Morgan fingerprint density at radius 3 is 2.65 bits per heavy atom. The van der Waals surface area contributed by atoms with Crippen LogP contribution in [0.3, 0.4) is 0 Å². The first-order chi connectivity index (χ1) is 10.8. The van der Waals surface area contributed by atoms with Gasteiger partial charge in [0.05, 0.1) is 12.6 Å². The second kappa shape index (κ2) is 6.23. The summed E-state index contributed by atoms with van der Waals surface area (Å²) in [6, 6.07) is -2.01. The largest absolute Gasteiger partial charge is 0.418 e. The minimum atomic E-state index is -4.78. The van der Waals surface area contributed by atoms with Crippen LogP contribution in [0.5, 0.6) is 0 Å². The summed E-state index contributed by atoms with van der Waals surface area (Å²) in [5.41, 5.74) is 2.36. The van der Waals surface area contributed by atoms with Gasteiger partial charge >= 0.3 is 16.4 Å². The van der Waals surface area contributed by atoms with Crippen molar-refractivity contribution in [1.82, 2.24) is 15.4 Å². The van der Waals surface area contributed by atoms with Crippen LogP contribution in [-0.4, -0.2) is 60.1 Å². The van der Waals surface area contributed by atoms with E-state index >= 15 is 0 Å². The third-order valence-corrected chi connectivity index (χ3v) is 4.87. The van der Waals surface area contributed by atoms with Gasteiger partial charge in [-0.1, -0.05) is 6.42 Å². The van der Waals surface area contributed by atoms with Crippen molar-refractivity contribution >= 4 is 22.3 Å². The van der Waals surface area contributed by atoms with Gasteiger partial charge in [-0.15, -0.1) is 4.28 Å². The van der Waals surface area contributed by atoms with Crippen LogP contribution in [0, 0.1) is 5.92 Å². The van der Waals surface area contributed by atoms with E-state index in [0.29, 0.717) is 30.4 Å². The number of hydroxylamine groups is 3. The maximum Gasteiger partial charge on any atom is 0.418 e. The molecule has 10 nitrogen and oxygen atoms in total. The number of fused-ring (bicyclic) bond motifs is 2. The van der Waals surface area contributed by atoms with Crippen molar-refractivity contribution in [2.24, 2.45) is 5.92 Å². The number of hydrogen-bond acceptors (Lipinski definition) is 6. The van der Waals surface area contributed by atoms with Gasteiger partial charge in [0.25, 0.3) is 5.91 Å². The van der Waals surface area contributed by atoms with E-state index in [9.17, 15) is 18.0 Å². The summed E-state index contributed by atoms with van der Waals surface area (Å²) in [6.07, 6.45) is 4.11. The number of amides is 3. The SMILES string of the molecule is O=C(NOCC1CCC1)[C@@H]1CC[C@@H]2CN1C(=O)N2OS(=O)(=O)O. The maximum absolute atomic E-state index is 12.2. The molecule has 3 amide bonds. The summed E-state index contributed by atoms with van der Waals surface area (Å²) < 4.78 is 34.6. The minimum Gasteiger partial charge on any atom is -0.309 e. The fourth-order valence-corrected chi connectivity index (χ4v) is 3.45. The topological polar surface area (TPSA) is 125 Å². The number of carbonyl (C=O) groups excluding carboxylic acids is 2. The Morgan fingerprint density at radius 1 is 1.30 bits per heavy atom. The Labute approximate surface area is 133 Å². The van der Waals surface area contributed by atoms with Crippen LogP contribution in [0.25, 0.3) is 0 Å². The summed E-state index contributed by atoms with van der Waals surface area (Å²) in [7, 11) is -4.78. The predicted octanol–water partition coefficient (Wildman–Crippen LogP) is -0.163. The maximum atomic E-state index is 12.2. The molecule has 3 rings (SSSR count). The first kappa shape index (κ1) is 16.4. The molecule has 0 aromatic carbocycles. The number of carbonyl (C=O) groups is 2. The first-order valence-electron chi connectivity index (χ1n) is 7.53. The highest BCUT2D eigenvalue weighted by Gasteiger charge is 2.49. The molecule has 2 heterocycles. The number of urea groups is 1. The second-order valence-electron chi connectivity index (χ2n) is 6.08. The molecule has 23 heavy (non-hydrogen) atoms. The van der Waals surface area contributed by atoms with Gasteiger partial charge in [-0.2, -0.15) is 13.5 Å². The molecular weight excluding hydrogens is 330 g/mol. The first-order valence-corrected chi connectivity index (χ1v) is 8.90. The summed E-state index contributed by atoms with van der Waals surface area (Å²) in [4.78, 5) is 30.7. The summed E-state index contributed by atoms with van der Waals surface area (Å²) in [6.45, 7) is 0.613. The summed E-state index contributed by atoms with van der Waals surface area (Å²) in [5.74, 6) is 0.0305. The van der Waals surface area contributed by atoms with E-state index in [-0.39, 0.29) is 6.54 Å². The quantitative estimate of drug-likeness (QED) is 0.504. The van der Waals surface area contributed by atoms with Crippen LogP contribution in [0.15, 0.2) is 0 Å². The average molecular weight is 349 g/mol. The van der Waals surface area contributed by atoms with Gasteiger partial charge in [-0.25, -0.2) is 10.3 Å². The molecule has 2 saturated heterocycles. The van der Waals surface area contributed by atoms with Crippen LogP contribution in [0.1, 0.15) is 32.1 Å². The fraction of sp³-hybridized carbons (Fsp3) is 0.833. The van der Waals surface area contributed by atoms with E-state index in [1.54, 1.807) is 0 Å². The van der Waals surface area contributed by atoms with Crippen molar-refractivity contribution < 1.29 is 31.7 Å². The Hall–Kier alpha value is -1.43. The van der Waals surface area contributed by atoms with Crippen LogP contribution >= 0.6 is 0 Å². The molecular formula is C12H19N3O7S. The number of nitrogens with one attached hydrogen (secondary N) is 1. The van der Waals surface area contributed by atoms with Crippen molar-refractivity contribution in [3.8, 4) is 0 Å². The lowest BCUT2D eigenvalue weighted by molar-refractivity contribution is -0.140. The molecule has 2 bridgehead atoms. The van der Waals surface area contributed by atoms with Crippen LogP contribution in [-0.2, 0) is 24.3 Å². The Bertz CT molecular complexity index is 591. The monoisotopic (exact) mass is 349 g/mol. The van der Waals surface area contributed by atoms with Crippen molar-refractivity contribution in [2.75, 3.05) is 13.2 Å². The van der Waals surface area contributed by atoms with Gasteiger partial charge in [-0.3, -0.25) is 14.2 Å². The molecule has 2 atom stereocenters. The molecule has 130 valence electrons. The highest BCUT2D eigenvalue weighted by Crippen LogP contribution is 2.31. The van der Waals surface area contributed by atoms with Gasteiger partial charge in [0.2, 0.25) is 0 Å². The number of hydrogen-bond donors (Lipinski definition) is 2. The number of rotatable bonds is 6. The lowest BCUT2D eigenvalue weighted by Gasteiger charge is -2.29. The number of piperidine rings is 1.